The maximum Gasteiger partial charge on any atom is 0.407 e. The van der Waals surface area contributed by atoms with Crippen LogP contribution in [0.5, 0.6) is 0 Å². The van der Waals surface area contributed by atoms with Crippen molar-refractivity contribution in [2.45, 2.75) is 51.7 Å². The van der Waals surface area contributed by atoms with Crippen LogP contribution < -0.4 is 5.32 Å². The van der Waals surface area contributed by atoms with E-state index in [9.17, 15) is 9.59 Å². The molecule has 0 aromatic carbocycles. The van der Waals surface area contributed by atoms with Crippen molar-refractivity contribution in [1.82, 2.24) is 10.2 Å². The highest BCUT2D eigenvalue weighted by atomic mass is 16.6. The largest absolute Gasteiger partial charge is 0.444 e. The van der Waals surface area contributed by atoms with Gasteiger partial charge >= 0.3 is 6.09 Å². The minimum absolute atomic E-state index is 0.0167. The summed E-state index contributed by atoms with van der Waals surface area (Å²) in [5.41, 5.74) is -0.494. The van der Waals surface area contributed by atoms with Gasteiger partial charge in [0, 0.05) is 25.0 Å². The third kappa shape index (κ3) is 4.88. The Morgan fingerprint density at radius 1 is 1.19 bits per heavy atom. The van der Waals surface area contributed by atoms with Crippen LogP contribution in [0, 0.1) is 5.92 Å². The standard InChI is InChI=1S/C15H26N2O4/c1-15(2,3)21-14(19)16-12-5-4-11(10-12)13(18)17-6-8-20-9-7-17/h11-12H,4-10H2,1-3H3,(H,16,19)/t11-,12+/m1/s1. The molecule has 6 nitrogen and oxygen atoms in total. The van der Waals surface area contributed by atoms with E-state index in [-0.39, 0.29) is 17.9 Å². The van der Waals surface area contributed by atoms with Crippen LogP contribution in [0.2, 0.25) is 0 Å². The summed E-state index contributed by atoms with van der Waals surface area (Å²) in [4.78, 5) is 26.0. The number of hydrogen-bond donors (Lipinski definition) is 1. The lowest BCUT2D eigenvalue weighted by Crippen LogP contribution is -2.44. The lowest BCUT2D eigenvalue weighted by molar-refractivity contribution is -0.139. The Balaban J connectivity index is 1.77. The average molecular weight is 298 g/mol. The molecular formula is C15H26N2O4. The monoisotopic (exact) mass is 298 g/mol. The summed E-state index contributed by atoms with van der Waals surface area (Å²) in [5, 5.41) is 2.87. The molecule has 0 spiro atoms. The molecule has 2 atom stereocenters. The Labute approximate surface area is 126 Å². The molecule has 1 saturated heterocycles. The van der Waals surface area contributed by atoms with Crippen LogP contribution in [-0.2, 0) is 14.3 Å². The Morgan fingerprint density at radius 3 is 2.48 bits per heavy atom. The van der Waals surface area contributed by atoms with Gasteiger partial charge in [-0.3, -0.25) is 4.79 Å². The Morgan fingerprint density at radius 2 is 1.86 bits per heavy atom. The number of carbonyl (C=O) groups excluding carboxylic acids is 2. The number of nitrogens with one attached hydrogen (secondary N) is 1. The molecule has 0 aromatic rings. The average Bonchev–Trinajstić information content (AvgIpc) is 2.85. The van der Waals surface area contributed by atoms with Gasteiger partial charge in [0.25, 0.3) is 0 Å². The topological polar surface area (TPSA) is 67.9 Å². The summed E-state index contributed by atoms with van der Waals surface area (Å²) in [6.45, 7) is 8.12. The van der Waals surface area contributed by atoms with Gasteiger partial charge < -0.3 is 19.7 Å². The summed E-state index contributed by atoms with van der Waals surface area (Å²) >= 11 is 0. The van der Waals surface area contributed by atoms with Gasteiger partial charge in [-0.1, -0.05) is 0 Å². The second-order valence-electron chi connectivity index (χ2n) is 6.79. The molecule has 6 heteroatoms. The van der Waals surface area contributed by atoms with Crippen molar-refractivity contribution in [3.8, 4) is 0 Å². The zero-order valence-electron chi connectivity index (χ0n) is 13.2. The quantitative estimate of drug-likeness (QED) is 0.839. The van der Waals surface area contributed by atoms with Crippen molar-refractivity contribution in [2.75, 3.05) is 26.3 Å². The van der Waals surface area contributed by atoms with E-state index in [1.54, 1.807) is 0 Å². The fraction of sp³-hybridized carbons (Fsp3) is 0.867. The summed E-state index contributed by atoms with van der Waals surface area (Å²) in [5.74, 6) is 0.217. The molecule has 1 saturated carbocycles. The highest BCUT2D eigenvalue weighted by Crippen LogP contribution is 2.28. The summed E-state index contributed by atoms with van der Waals surface area (Å²) in [6.07, 6.45) is 1.97. The van der Waals surface area contributed by atoms with E-state index in [1.165, 1.54) is 0 Å². The maximum absolute atomic E-state index is 12.4. The summed E-state index contributed by atoms with van der Waals surface area (Å²) in [7, 11) is 0. The molecule has 2 fully saturated rings. The van der Waals surface area contributed by atoms with Crippen LogP contribution in [0.4, 0.5) is 4.79 Å². The van der Waals surface area contributed by atoms with E-state index in [0.717, 1.165) is 12.8 Å². The highest BCUT2D eigenvalue weighted by molar-refractivity contribution is 5.79. The Bertz CT molecular complexity index is 386. The Hall–Kier alpha value is -1.30. The zero-order chi connectivity index (χ0) is 15.5. The fourth-order valence-electron chi connectivity index (χ4n) is 2.85. The van der Waals surface area contributed by atoms with E-state index < -0.39 is 11.7 Å². The molecule has 0 aromatic heterocycles. The van der Waals surface area contributed by atoms with E-state index in [2.05, 4.69) is 5.32 Å². The normalized spacial score (nSPS) is 26.5. The molecule has 1 heterocycles. The van der Waals surface area contributed by atoms with Crippen LogP contribution in [0.3, 0.4) is 0 Å². The molecule has 1 aliphatic carbocycles. The van der Waals surface area contributed by atoms with Crippen molar-refractivity contribution in [3.63, 3.8) is 0 Å². The molecule has 1 aliphatic heterocycles. The van der Waals surface area contributed by atoms with E-state index in [1.807, 2.05) is 25.7 Å². The van der Waals surface area contributed by atoms with Gasteiger partial charge in [0.2, 0.25) is 5.91 Å². The first-order chi connectivity index (χ1) is 9.85. The number of alkyl carbamates (subject to hydrolysis) is 1. The van der Waals surface area contributed by atoms with Crippen molar-refractivity contribution in [2.24, 2.45) is 5.92 Å². The lowest BCUT2D eigenvalue weighted by atomic mass is 10.1. The van der Waals surface area contributed by atoms with Crippen molar-refractivity contribution in [3.05, 3.63) is 0 Å². The first-order valence-corrected chi connectivity index (χ1v) is 7.71. The minimum Gasteiger partial charge on any atom is -0.444 e. The van der Waals surface area contributed by atoms with E-state index >= 15 is 0 Å². The van der Waals surface area contributed by atoms with Crippen LogP contribution >= 0.6 is 0 Å². The van der Waals surface area contributed by atoms with Crippen molar-refractivity contribution < 1.29 is 19.1 Å². The number of morpholine rings is 1. The van der Waals surface area contributed by atoms with Crippen LogP contribution in [-0.4, -0.2) is 54.8 Å². The lowest BCUT2D eigenvalue weighted by Gasteiger charge is -2.29. The second-order valence-corrected chi connectivity index (χ2v) is 6.79. The van der Waals surface area contributed by atoms with Crippen molar-refractivity contribution in [1.29, 1.82) is 0 Å². The fourth-order valence-corrected chi connectivity index (χ4v) is 2.85. The first kappa shape index (κ1) is 16.1. The predicted molar refractivity (Wildman–Crippen MR) is 77.9 cm³/mol. The highest BCUT2D eigenvalue weighted by Gasteiger charge is 2.34. The number of carbonyl (C=O) groups is 2. The van der Waals surface area contributed by atoms with Gasteiger partial charge in [-0.25, -0.2) is 4.79 Å². The molecular weight excluding hydrogens is 272 g/mol. The number of rotatable bonds is 2. The van der Waals surface area contributed by atoms with Crippen LogP contribution in [0.25, 0.3) is 0 Å². The number of hydrogen-bond acceptors (Lipinski definition) is 4. The van der Waals surface area contributed by atoms with Crippen LogP contribution in [0.1, 0.15) is 40.0 Å². The number of ether oxygens (including phenoxy) is 2. The van der Waals surface area contributed by atoms with Gasteiger partial charge in [-0.15, -0.1) is 0 Å². The Kier molecular flexibility index (Phi) is 5.08. The molecule has 0 bridgehead atoms. The number of nitrogens with zero attached hydrogens (tertiary/aromatic N) is 1. The number of amides is 2. The van der Waals surface area contributed by atoms with Gasteiger partial charge in [0.05, 0.1) is 13.2 Å². The van der Waals surface area contributed by atoms with Gasteiger partial charge in [0.1, 0.15) is 5.60 Å². The molecule has 0 radical (unpaired) electrons. The third-order valence-corrected chi connectivity index (χ3v) is 3.83. The first-order valence-electron chi connectivity index (χ1n) is 7.71. The second kappa shape index (κ2) is 6.64. The van der Waals surface area contributed by atoms with Gasteiger partial charge in [-0.2, -0.15) is 0 Å². The van der Waals surface area contributed by atoms with Crippen LogP contribution in [0.15, 0.2) is 0 Å². The third-order valence-electron chi connectivity index (χ3n) is 3.83. The van der Waals surface area contributed by atoms with E-state index in [0.29, 0.717) is 32.7 Å². The molecule has 2 rings (SSSR count). The molecule has 2 aliphatic rings. The molecule has 1 N–H and O–H groups in total. The SMILES string of the molecule is CC(C)(C)OC(=O)N[C@H]1CC[C@@H](C(=O)N2CCOCC2)C1. The van der Waals surface area contributed by atoms with Gasteiger partial charge in [-0.05, 0) is 40.0 Å². The predicted octanol–water partition coefficient (Wildman–Crippen LogP) is 1.54. The molecule has 0 unspecified atom stereocenters. The minimum atomic E-state index is -0.494. The smallest absolute Gasteiger partial charge is 0.407 e. The summed E-state index contributed by atoms with van der Waals surface area (Å²) < 4.78 is 10.5. The maximum atomic E-state index is 12.4. The molecule has 120 valence electrons. The zero-order valence-corrected chi connectivity index (χ0v) is 13.2. The molecule has 21 heavy (non-hydrogen) atoms. The van der Waals surface area contributed by atoms with Gasteiger partial charge in [0.15, 0.2) is 0 Å². The van der Waals surface area contributed by atoms with Crippen molar-refractivity contribution >= 4 is 12.0 Å². The van der Waals surface area contributed by atoms with E-state index in [4.69, 9.17) is 9.47 Å². The molecule has 2 amide bonds. The summed E-state index contributed by atoms with van der Waals surface area (Å²) in [6, 6.07) is 0.0369.